The number of phenols is 2. The zero-order chi connectivity index (χ0) is 26.8. The molecular formula is C28H33NO9. The molecule has 5 rings (SSSR count). The van der Waals surface area contributed by atoms with Gasteiger partial charge in [0.05, 0.1) is 41.6 Å². The maximum Gasteiger partial charge on any atom is 0.198 e. The molecule has 1 fully saturated rings. The van der Waals surface area contributed by atoms with E-state index in [1.165, 1.54) is 12.1 Å². The quantitative estimate of drug-likeness (QED) is 0.216. The van der Waals surface area contributed by atoms with E-state index >= 15 is 0 Å². The van der Waals surface area contributed by atoms with Crippen molar-refractivity contribution < 1.29 is 44.6 Å². The van der Waals surface area contributed by atoms with Crippen LogP contribution in [0.15, 0.2) is 36.4 Å². The van der Waals surface area contributed by atoms with Gasteiger partial charge in [-0.05, 0) is 12.5 Å². The summed E-state index contributed by atoms with van der Waals surface area (Å²) in [5, 5.41) is 54.0. The summed E-state index contributed by atoms with van der Waals surface area (Å²) in [5.74, 6) is -2.37. The van der Waals surface area contributed by atoms with Crippen LogP contribution in [0, 0.1) is 0 Å². The second-order valence-corrected chi connectivity index (χ2v) is 10.0. The Bertz CT molecular complexity index is 1310. The summed E-state index contributed by atoms with van der Waals surface area (Å²) < 4.78 is 11.9. The molecule has 1 heterocycles. The van der Waals surface area contributed by atoms with Gasteiger partial charge in [-0.15, -0.1) is 0 Å². The van der Waals surface area contributed by atoms with Crippen LogP contribution in [0.1, 0.15) is 76.3 Å². The molecule has 0 aromatic heterocycles. The largest absolute Gasteiger partial charge is 0.507 e. The Morgan fingerprint density at radius 3 is 2.29 bits per heavy atom. The zero-order valence-electron chi connectivity index (χ0n) is 20.2. The highest BCUT2D eigenvalue weighted by Gasteiger charge is 2.48. The minimum atomic E-state index is -1.77. The maximum absolute atomic E-state index is 13.4. The highest BCUT2D eigenvalue weighted by molar-refractivity contribution is 6.30. The van der Waals surface area contributed by atoms with Crippen molar-refractivity contribution in [3.63, 3.8) is 0 Å². The van der Waals surface area contributed by atoms with Crippen LogP contribution in [0.5, 0.6) is 11.5 Å². The van der Waals surface area contributed by atoms with Crippen molar-refractivity contribution >= 4 is 11.6 Å². The van der Waals surface area contributed by atoms with Crippen LogP contribution >= 0.6 is 0 Å². The second-order valence-electron chi connectivity index (χ2n) is 10.0. The first kappa shape index (κ1) is 27.9. The van der Waals surface area contributed by atoms with Crippen molar-refractivity contribution in [2.24, 2.45) is 5.73 Å². The third kappa shape index (κ3) is 4.14. The minimum Gasteiger partial charge on any atom is -0.507 e. The normalized spacial score (nSPS) is 30.1. The van der Waals surface area contributed by atoms with Gasteiger partial charge in [0.25, 0.3) is 0 Å². The third-order valence-electron chi connectivity index (χ3n) is 7.69. The average Bonchev–Trinajstić information content (AvgIpc) is 2.87. The Balaban J connectivity index is 0.00000336. The van der Waals surface area contributed by atoms with Crippen molar-refractivity contribution in [3.8, 4) is 11.5 Å². The van der Waals surface area contributed by atoms with Gasteiger partial charge in [0.1, 0.15) is 11.5 Å². The number of ketones is 2. The number of hydrogen-bond donors (Lipinski definition) is 6. The highest BCUT2D eigenvalue weighted by Crippen LogP contribution is 2.52. The molecule has 0 bridgehead atoms. The second kappa shape index (κ2) is 9.88. The molecule has 204 valence electrons. The number of aromatic hydroxyl groups is 2. The Hall–Kier alpha value is -3.12. The van der Waals surface area contributed by atoms with Crippen LogP contribution in [-0.2, 0) is 15.9 Å². The first-order valence-corrected chi connectivity index (χ1v) is 12.0. The van der Waals surface area contributed by atoms with Crippen LogP contribution in [0.4, 0.5) is 0 Å². The van der Waals surface area contributed by atoms with E-state index in [0.29, 0.717) is 0 Å². The van der Waals surface area contributed by atoms with E-state index in [-0.39, 0.29) is 65.6 Å². The number of aliphatic hydroxyl groups is 3. The van der Waals surface area contributed by atoms with Crippen molar-refractivity contribution in [1.29, 1.82) is 0 Å². The summed E-state index contributed by atoms with van der Waals surface area (Å²) in [7, 11) is 0. The van der Waals surface area contributed by atoms with E-state index < -0.39 is 65.9 Å². The van der Waals surface area contributed by atoms with Gasteiger partial charge in [-0.2, -0.15) is 0 Å². The topological polar surface area (TPSA) is 180 Å². The fourth-order valence-electron chi connectivity index (χ4n) is 5.57. The van der Waals surface area contributed by atoms with Gasteiger partial charge < -0.3 is 40.7 Å². The summed E-state index contributed by atoms with van der Waals surface area (Å²) in [6.07, 6.45) is -4.08. The molecular weight excluding hydrogens is 494 g/mol. The number of aliphatic hydroxyl groups excluding tert-OH is 2. The third-order valence-corrected chi connectivity index (χ3v) is 7.69. The predicted octanol–water partition coefficient (Wildman–Crippen LogP) is 1.62. The van der Waals surface area contributed by atoms with Crippen molar-refractivity contribution in [2.45, 2.75) is 69.9 Å². The molecule has 0 radical (unpaired) electrons. The minimum absolute atomic E-state index is 0. The fourth-order valence-corrected chi connectivity index (χ4v) is 5.57. The lowest BCUT2D eigenvalue weighted by atomic mass is 9.71. The Morgan fingerprint density at radius 1 is 1.16 bits per heavy atom. The lowest BCUT2D eigenvalue weighted by molar-refractivity contribution is -0.246. The van der Waals surface area contributed by atoms with Crippen LogP contribution in [0.3, 0.4) is 0 Å². The molecule has 10 heteroatoms. The summed E-state index contributed by atoms with van der Waals surface area (Å²) in [6, 6.07) is 5.45. The van der Waals surface area contributed by atoms with Gasteiger partial charge in [-0.3, -0.25) is 9.59 Å². The molecule has 0 spiro atoms. The van der Waals surface area contributed by atoms with Crippen LogP contribution in [0.25, 0.3) is 0 Å². The molecule has 0 saturated carbocycles. The predicted molar refractivity (Wildman–Crippen MR) is 136 cm³/mol. The molecule has 10 nitrogen and oxygen atoms in total. The van der Waals surface area contributed by atoms with Gasteiger partial charge in [0.2, 0.25) is 0 Å². The van der Waals surface area contributed by atoms with E-state index in [1.54, 1.807) is 19.1 Å². The molecule has 6 atom stereocenters. The van der Waals surface area contributed by atoms with Gasteiger partial charge in [0, 0.05) is 47.6 Å². The zero-order valence-corrected chi connectivity index (χ0v) is 20.2. The van der Waals surface area contributed by atoms with E-state index in [9.17, 15) is 35.1 Å². The Kier molecular flexibility index (Phi) is 7.26. The molecule has 7 N–H and O–H groups in total. The molecule has 2 aliphatic carbocycles. The van der Waals surface area contributed by atoms with Crippen molar-refractivity contribution in [2.75, 3.05) is 6.61 Å². The number of carbonyl (C=O) groups is 2. The van der Waals surface area contributed by atoms with Gasteiger partial charge in [-0.1, -0.05) is 38.3 Å². The summed E-state index contributed by atoms with van der Waals surface area (Å²) in [5.41, 5.74) is 3.81. The number of carbonyl (C=O) groups excluding carboxylic acids is 2. The van der Waals surface area contributed by atoms with Crippen LogP contribution < -0.4 is 5.73 Å². The first-order valence-electron chi connectivity index (χ1n) is 12.0. The van der Waals surface area contributed by atoms with Crippen molar-refractivity contribution in [3.05, 3.63) is 69.8 Å². The fraction of sp³-hybridized carbons (Fsp3) is 0.429. The first-order chi connectivity index (χ1) is 17.5. The number of rotatable bonds is 4. The number of hydrogen-bond acceptors (Lipinski definition) is 10. The van der Waals surface area contributed by atoms with E-state index in [1.807, 2.05) is 0 Å². The molecule has 38 heavy (non-hydrogen) atoms. The summed E-state index contributed by atoms with van der Waals surface area (Å²) in [4.78, 5) is 26.7. The molecule has 3 aliphatic rings. The van der Waals surface area contributed by atoms with Gasteiger partial charge in [0.15, 0.2) is 17.9 Å². The van der Waals surface area contributed by atoms with E-state index in [0.717, 1.165) is 0 Å². The lowest BCUT2D eigenvalue weighted by Gasteiger charge is -2.43. The van der Waals surface area contributed by atoms with Gasteiger partial charge >= 0.3 is 0 Å². The molecule has 0 unspecified atom stereocenters. The van der Waals surface area contributed by atoms with Gasteiger partial charge in [-0.25, -0.2) is 0 Å². The number of ether oxygens (including phenoxy) is 2. The van der Waals surface area contributed by atoms with E-state index in [2.05, 4.69) is 6.58 Å². The lowest BCUT2D eigenvalue weighted by Crippen LogP contribution is -2.52. The standard InChI is InChI=1S/C27H29NO9.CH4/c1-11(10-29)27(35)8-15-19(17(9-27)37-18-7-16(28)22(30)12(2)36-18)26(34)21-20(25(15)33)23(31)13-5-3-4-6-14(13)24(21)32;/h3-6,12,16-18,22,29-30,33-35H,1,7-10,28H2,2H3;1H4/t12-,16-,17-,18-,22-,27-;/m0./s1. The number of phenolic OH excluding ortho intramolecular Hbond substituents is 2. The smallest absolute Gasteiger partial charge is 0.198 e. The molecule has 0 amide bonds. The number of fused-ring (bicyclic) bond motifs is 3. The number of nitrogens with two attached hydrogens (primary N) is 1. The summed E-state index contributed by atoms with van der Waals surface area (Å²) >= 11 is 0. The maximum atomic E-state index is 13.4. The number of benzene rings is 2. The molecule has 2 aromatic carbocycles. The summed E-state index contributed by atoms with van der Waals surface area (Å²) in [6.45, 7) is 4.81. The van der Waals surface area contributed by atoms with Crippen LogP contribution in [0.2, 0.25) is 0 Å². The Labute approximate surface area is 219 Å². The van der Waals surface area contributed by atoms with Crippen LogP contribution in [-0.4, -0.2) is 73.8 Å². The monoisotopic (exact) mass is 527 g/mol. The molecule has 2 aromatic rings. The van der Waals surface area contributed by atoms with E-state index in [4.69, 9.17) is 15.2 Å². The SMILES string of the molecule is C.C=C(CO)[C@]1(O)Cc2c(O)c3c(c(O)c2[C@@H](O[C@H]2C[C@H](N)[C@@H](O)[C@H](C)O2)C1)C(=O)c1ccccc1C3=O. The average molecular weight is 528 g/mol. The van der Waals surface area contributed by atoms with Crippen molar-refractivity contribution in [1.82, 2.24) is 0 Å². The molecule has 1 saturated heterocycles. The highest BCUT2D eigenvalue weighted by atomic mass is 16.7. The Morgan fingerprint density at radius 2 is 1.74 bits per heavy atom. The molecule has 1 aliphatic heterocycles.